The molecule has 2 aliphatic heterocycles. The topological polar surface area (TPSA) is 78.4 Å². The molecule has 0 N–H and O–H groups in total. The van der Waals surface area contributed by atoms with Gasteiger partial charge in [-0.1, -0.05) is 18.3 Å². The van der Waals surface area contributed by atoms with E-state index in [2.05, 4.69) is 44.3 Å². The molecule has 0 bridgehead atoms. The zero-order valence-electron chi connectivity index (χ0n) is 18.1. The third kappa shape index (κ3) is 4.95. The van der Waals surface area contributed by atoms with Crippen LogP contribution < -0.4 is 4.90 Å². The molecule has 2 aromatic rings. The van der Waals surface area contributed by atoms with Crippen LogP contribution in [0.2, 0.25) is 0 Å². The van der Waals surface area contributed by atoms with E-state index >= 15 is 0 Å². The van der Waals surface area contributed by atoms with Crippen LogP contribution in [0.1, 0.15) is 55.7 Å². The number of piperidine rings is 1. The molecule has 1 atom stereocenters. The van der Waals surface area contributed by atoms with Crippen molar-refractivity contribution in [1.82, 2.24) is 29.4 Å². The van der Waals surface area contributed by atoms with Crippen LogP contribution in [0.5, 0.6) is 0 Å². The third-order valence-corrected chi connectivity index (χ3v) is 6.52. The molecular formula is C21H31N7OS. The molecule has 4 heterocycles. The summed E-state index contributed by atoms with van der Waals surface area (Å²) in [7, 11) is 0. The van der Waals surface area contributed by atoms with Gasteiger partial charge in [-0.05, 0) is 31.3 Å². The SMILES string of the molecule is Cc1cc(N2CCN(CC(=O)N3CCC[C@H](c4csnn4)C3)CC2)nc(C(C)C)n1. The zero-order valence-corrected chi connectivity index (χ0v) is 18.9. The number of nitrogens with zero attached hydrogens (tertiary/aromatic N) is 7. The third-order valence-electron chi connectivity index (χ3n) is 6.00. The van der Waals surface area contributed by atoms with Gasteiger partial charge in [0.2, 0.25) is 5.91 Å². The lowest BCUT2D eigenvalue weighted by Crippen LogP contribution is -2.51. The number of anilines is 1. The number of carbonyl (C=O) groups is 1. The number of amides is 1. The highest BCUT2D eigenvalue weighted by Crippen LogP contribution is 2.26. The monoisotopic (exact) mass is 429 g/mol. The van der Waals surface area contributed by atoms with E-state index in [1.165, 1.54) is 11.5 Å². The van der Waals surface area contributed by atoms with E-state index in [-0.39, 0.29) is 5.91 Å². The zero-order chi connectivity index (χ0) is 21.1. The summed E-state index contributed by atoms with van der Waals surface area (Å²) in [4.78, 5) is 28.8. The van der Waals surface area contributed by atoms with Crippen LogP contribution in [0.3, 0.4) is 0 Å². The van der Waals surface area contributed by atoms with Crippen molar-refractivity contribution in [1.29, 1.82) is 0 Å². The number of rotatable bonds is 5. The molecule has 162 valence electrons. The Kier molecular flexibility index (Phi) is 6.58. The van der Waals surface area contributed by atoms with Crippen molar-refractivity contribution in [2.24, 2.45) is 0 Å². The first-order valence-corrected chi connectivity index (χ1v) is 11.7. The highest BCUT2D eigenvalue weighted by Gasteiger charge is 2.28. The van der Waals surface area contributed by atoms with E-state index in [0.717, 1.165) is 75.1 Å². The standard InChI is InChI=1S/C21H31N7OS/c1-15(2)21-22-16(3)11-19(23-21)27-9-7-26(8-10-27)13-20(29)28-6-4-5-17(12-28)18-14-30-25-24-18/h11,14-15,17H,4-10,12-13H2,1-3H3/t17-/m0/s1. The minimum absolute atomic E-state index is 0.233. The quantitative estimate of drug-likeness (QED) is 0.721. The maximum Gasteiger partial charge on any atom is 0.236 e. The second kappa shape index (κ2) is 9.34. The van der Waals surface area contributed by atoms with Gasteiger partial charge in [-0.25, -0.2) is 9.97 Å². The number of aryl methyl sites for hydroxylation is 1. The van der Waals surface area contributed by atoms with Gasteiger partial charge in [0, 0.05) is 68.2 Å². The summed E-state index contributed by atoms with van der Waals surface area (Å²) < 4.78 is 3.98. The summed E-state index contributed by atoms with van der Waals surface area (Å²) in [5, 5.41) is 6.23. The molecule has 30 heavy (non-hydrogen) atoms. The average molecular weight is 430 g/mol. The minimum atomic E-state index is 0.233. The van der Waals surface area contributed by atoms with E-state index in [1.807, 2.05) is 17.2 Å². The predicted molar refractivity (Wildman–Crippen MR) is 118 cm³/mol. The van der Waals surface area contributed by atoms with Gasteiger partial charge in [-0.2, -0.15) is 0 Å². The summed E-state index contributed by atoms with van der Waals surface area (Å²) in [6.07, 6.45) is 2.12. The molecule has 0 radical (unpaired) electrons. The lowest BCUT2D eigenvalue weighted by molar-refractivity contribution is -0.133. The first-order chi connectivity index (χ1) is 14.5. The Bertz CT molecular complexity index is 849. The average Bonchev–Trinajstić information content (AvgIpc) is 3.29. The van der Waals surface area contributed by atoms with Crippen LogP contribution in [-0.2, 0) is 4.79 Å². The minimum Gasteiger partial charge on any atom is -0.354 e. The van der Waals surface area contributed by atoms with Crippen molar-refractivity contribution in [3.8, 4) is 0 Å². The fourth-order valence-corrected chi connectivity index (χ4v) is 4.75. The molecule has 0 aromatic carbocycles. The van der Waals surface area contributed by atoms with Crippen LogP contribution in [0, 0.1) is 6.92 Å². The lowest BCUT2D eigenvalue weighted by atomic mass is 9.95. The normalized spacial score (nSPS) is 20.7. The van der Waals surface area contributed by atoms with E-state index in [4.69, 9.17) is 4.98 Å². The Hall–Kier alpha value is -2.13. The lowest BCUT2D eigenvalue weighted by Gasteiger charge is -2.37. The molecule has 2 saturated heterocycles. The fourth-order valence-electron chi connectivity index (χ4n) is 4.22. The Morgan fingerprint density at radius 3 is 2.70 bits per heavy atom. The molecule has 9 heteroatoms. The Balaban J connectivity index is 1.30. The summed E-state index contributed by atoms with van der Waals surface area (Å²) in [5.74, 6) is 2.78. The molecule has 0 unspecified atom stereocenters. The summed E-state index contributed by atoms with van der Waals surface area (Å²) in [6.45, 7) is 11.9. The maximum atomic E-state index is 12.9. The maximum absolute atomic E-state index is 12.9. The van der Waals surface area contributed by atoms with Crippen molar-refractivity contribution in [2.75, 3.05) is 50.7 Å². The second-order valence-corrected chi connectivity index (χ2v) is 9.26. The fraction of sp³-hybridized carbons (Fsp3) is 0.667. The number of likely N-dealkylation sites (tertiary alicyclic amines) is 1. The van der Waals surface area contributed by atoms with Crippen LogP contribution in [-0.4, -0.2) is 81.1 Å². The molecule has 0 saturated carbocycles. The molecule has 0 aliphatic carbocycles. The van der Waals surface area contributed by atoms with Gasteiger partial charge in [-0.3, -0.25) is 9.69 Å². The largest absolute Gasteiger partial charge is 0.354 e. The van der Waals surface area contributed by atoms with Crippen LogP contribution in [0.25, 0.3) is 0 Å². The van der Waals surface area contributed by atoms with Crippen molar-refractivity contribution in [3.63, 3.8) is 0 Å². The van der Waals surface area contributed by atoms with Gasteiger partial charge < -0.3 is 9.80 Å². The molecule has 8 nitrogen and oxygen atoms in total. The van der Waals surface area contributed by atoms with Crippen molar-refractivity contribution >= 4 is 23.3 Å². The van der Waals surface area contributed by atoms with Gasteiger partial charge >= 0.3 is 0 Å². The number of aromatic nitrogens is 4. The van der Waals surface area contributed by atoms with Crippen molar-refractivity contribution < 1.29 is 4.79 Å². The first-order valence-electron chi connectivity index (χ1n) is 10.9. The van der Waals surface area contributed by atoms with E-state index in [9.17, 15) is 4.79 Å². The number of carbonyl (C=O) groups excluding carboxylic acids is 1. The highest BCUT2D eigenvalue weighted by molar-refractivity contribution is 7.03. The summed E-state index contributed by atoms with van der Waals surface area (Å²) in [5.41, 5.74) is 2.04. The first kappa shape index (κ1) is 21.1. The van der Waals surface area contributed by atoms with Crippen LogP contribution >= 0.6 is 11.5 Å². The number of hydrogen-bond donors (Lipinski definition) is 0. The van der Waals surface area contributed by atoms with Gasteiger partial charge in [0.05, 0.1) is 12.2 Å². The molecule has 2 aliphatic rings. The predicted octanol–water partition coefficient (Wildman–Crippen LogP) is 2.29. The second-order valence-electron chi connectivity index (χ2n) is 8.65. The molecule has 4 rings (SSSR count). The van der Waals surface area contributed by atoms with Gasteiger partial charge in [0.15, 0.2) is 0 Å². The Morgan fingerprint density at radius 1 is 1.20 bits per heavy atom. The number of piperazine rings is 1. The van der Waals surface area contributed by atoms with Gasteiger partial charge in [0.1, 0.15) is 11.6 Å². The molecular weight excluding hydrogens is 398 g/mol. The van der Waals surface area contributed by atoms with E-state index in [0.29, 0.717) is 18.4 Å². The Labute approximate surface area is 182 Å². The van der Waals surface area contributed by atoms with Gasteiger partial charge in [-0.15, -0.1) is 5.10 Å². The number of hydrogen-bond acceptors (Lipinski definition) is 8. The molecule has 2 aromatic heterocycles. The van der Waals surface area contributed by atoms with Gasteiger partial charge in [0.25, 0.3) is 0 Å². The summed E-state index contributed by atoms with van der Waals surface area (Å²) >= 11 is 1.39. The van der Waals surface area contributed by atoms with E-state index < -0.39 is 0 Å². The van der Waals surface area contributed by atoms with Crippen molar-refractivity contribution in [2.45, 2.75) is 45.4 Å². The highest BCUT2D eigenvalue weighted by atomic mass is 32.1. The smallest absolute Gasteiger partial charge is 0.236 e. The van der Waals surface area contributed by atoms with Crippen LogP contribution in [0.15, 0.2) is 11.4 Å². The van der Waals surface area contributed by atoms with Crippen molar-refractivity contribution in [3.05, 3.63) is 28.7 Å². The molecule has 2 fully saturated rings. The van der Waals surface area contributed by atoms with Crippen LogP contribution in [0.4, 0.5) is 5.82 Å². The van der Waals surface area contributed by atoms with E-state index in [1.54, 1.807) is 0 Å². The summed E-state index contributed by atoms with van der Waals surface area (Å²) in [6, 6.07) is 2.06. The Morgan fingerprint density at radius 2 is 2.00 bits per heavy atom. The molecule has 0 spiro atoms. The molecule has 1 amide bonds.